The minimum absolute atomic E-state index is 0.398. The van der Waals surface area contributed by atoms with Crippen LogP contribution >= 0.6 is 0 Å². The Hall–Kier alpha value is -3.41. The molecule has 0 spiro atoms. The van der Waals surface area contributed by atoms with Crippen LogP contribution in [0.4, 0.5) is 17.3 Å². The number of hydrogen-bond acceptors (Lipinski definition) is 0. The molecule has 0 radical (unpaired) electrons. The van der Waals surface area contributed by atoms with E-state index < -0.39 is 7.25 Å². The number of rotatable bonds is 5. The van der Waals surface area contributed by atoms with Gasteiger partial charge in [0.05, 0.1) is 0 Å². The van der Waals surface area contributed by atoms with Gasteiger partial charge in [-0.25, -0.2) is 0 Å². The normalized spacial score (nSPS) is 11.9. The first-order valence-corrected chi connectivity index (χ1v) is 10.9. The van der Waals surface area contributed by atoms with E-state index in [9.17, 15) is 17.3 Å². The molecule has 1 unspecified atom stereocenters. The number of hydrogen-bond donors (Lipinski definition) is 0. The summed E-state index contributed by atoms with van der Waals surface area (Å²) in [5.41, 5.74) is 7.51. The zero-order chi connectivity index (χ0) is 23.8. The smallest absolute Gasteiger partial charge is 0.418 e. The average molecular weight is 451 g/mol. The Bertz CT molecular complexity index is 1080. The molecule has 1 aromatic heterocycles. The Labute approximate surface area is 192 Å². The largest absolute Gasteiger partial charge is 0.673 e. The van der Waals surface area contributed by atoms with Gasteiger partial charge in [0.2, 0.25) is 11.4 Å². The van der Waals surface area contributed by atoms with Crippen LogP contribution in [0.15, 0.2) is 103 Å². The van der Waals surface area contributed by atoms with E-state index >= 15 is 0 Å². The molecule has 0 bridgehead atoms. The van der Waals surface area contributed by atoms with Crippen molar-refractivity contribution in [2.24, 2.45) is 0 Å². The van der Waals surface area contributed by atoms with E-state index in [1.807, 2.05) is 0 Å². The molecular formula is C27H26BF4N. The highest BCUT2D eigenvalue weighted by molar-refractivity contribution is 6.50. The Morgan fingerprint density at radius 2 is 0.939 bits per heavy atom. The van der Waals surface area contributed by atoms with E-state index in [1.165, 1.54) is 33.6 Å². The van der Waals surface area contributed by atoms with E-state index in [4.69, 9.17) is 0 Å². The SMILES string of the molecule is CCC(C)[n+]1c(-c2ccccc2)cc(-c2ccccc2)cc1-c1ccccc1.F[B-](F)(F)F. The third-order valence-electron chi connectivity index (χ3n) is 5.38. The molecule has 4 aromatic rings. The number of aromatic nitrogens is 1. The molecule has 0 fully saturated rings. The van der Waals surface area contributed by atoms with Crippen LogP contribution in [0.2, 0.25) is 0 Å². The van der Waals surface area contributed by atoms with Gasteiger partial charge in [-0.1, -0.05) is 73.7 Å². The lowest BCUT2D eigenvalue weighted by Crippen LogP contribution is -2.42. The molecule has 33 heavy (non-hydrogen) atoms. The molecule has 0 aliphatic carbocycles. The van der Waals surface area contributed by atoms with Crippen LogP contribution < -0.4 is 4.57 Å². The molecule has 0 saturated heterocycles. The molecule has 4 rings (SSSR count). The van der Waals surface area contributed by atoms with Crippen LogP contribution in [-0.2, 0) is 0 Å². The Morgan fingerprint density at radius 3 is 1.27 bits per heavy atom. The van der Waals surface area contributed by atoms with Crippen molar-refractivity contribution < 1.29 is 21.8 Å². The van der Waals surface area contributed by atoms with Crippen molar-refractivity contribution in [2.45, 2.75) is 26.3 Å². The van der Waals surface area contributed by atoms with Crippen molar-refractivity contribution in [3.05, 3.63) is 103 Å². The van der Waals surface area contributed by atoms with Gasteiger partial charge in [0.25, 0.3) is 0 Å². The molecule has 170 valence electrons. The van der Waals surface area contributed by atoms with Crippen molar-refractivity contribution in [3.63, 3.8) is 0 Å². The highest BCUT2D eigenvalue weighted by atomic mass is 19.5. The third-order valence-corrected chi connectivity index (χ3v) is 5.38. The van der Waals surface area contributed by atoms with Crippen LogP contribution in [0, 0.1) is 0 Å². The van der Waals surface area contributed by atoms with Crippen molar-refractivity contribution in [1.29, 1.82) is 0 Å². The maximum Gasteiger partial charge on any atom is 0.673 e. The van der Waals surface area contributed by atoms with Gasteiger partial charge in [-0.15, -0.1) is 0 Å². The summed E-state index contributed by atoms with van der Waals surface area (Å²) in [5, 5.41) is 0. The van der Waals surface area contributed by atoms with Gasteiger partial charge in [-0.2, -0.15) is 4.57 Å². The quantitative estimate of drug-likeness (QED) is 0.163. The molecule has 1 atom stereocenters. The zero-order valence-electron chi connectivity index (χ0n) is 18.6. The maximum atomic E-state index is 9.75. The van der Waals surface area contributed by atoms with Crippen molar-refractivity contribution in [3.8, 4) is 33.6 Å². The number of halogens is 4. The molecular weight excluding hydrogens is 425 g/mol. The summed E-state index contributed by atoms with van der Waals surface area (Å²) in [4.78, 5) is 0. The molecule has 0 amide bonds. The molecule has 1 nitrogen and oxygen atoms in total. The van der Waals surface area contributed by atoms with Crippen molar-refractivity contribution >= 4 is 7.25 Å². The lowest BCUT2D eigenvalue weighted by atomic mass is 9.98. The van der Waals surface area contributed by atoms with Crippen LogP contribution in [0.5, 0.6) is 0 Å². The summed E-state index contributed by atoms with van der Waals surface area (Å²) in [5.74, 6) is 0. The Kier molecular flexibility index (Phi) is 8.04. The van der Waals surface area contributed by atoms with Gasteiger partial charge < -0.3 is 17.3 Å². The van der Waals surface area contributed by atoms with Gasteiger partial charge in [-0.3, -0.25) is 0 Å². The average Bonchev–Trinajstić information content (AvgIpc) is 2.83. The Morgan fingerprint density at radius 1 is 0.606 bits per heavy atom. The fraction of sp³-hybridized carbons (Fsp3) is 0.148. The summed E-state index contributed by atoms with van der Waals surface area (Å²) in [6.07, 6.45) is 1.08. The molecule has 1 heterocycles. The third kappa shape index (κ3) is 6.79. The lowest BCUT2D eigenvalue weighted by molar-refractivity contribution is -0.699. The second-order valence-corrected chi connectivity index (χ2v) is 7.73. The number of benzene rings is 3. The lowest BCUT2D eigenvalue weighted by Gasteiger charge is -2.16. The summed E-state index contributed by atoms with van der Waals surface area (Å²) in [6, 6.07) is 37.2. The van der Waals surface area contributed by atoms with Crippen LogP contribution in [0.25, 0.3) is 33.6 Å². The van der Waals surface area contributed by atoms with E-state index in [0.29, 0.717) is 6.04 Å². The number of nitrogens with zero attached hydrogens (tertiary/aromatic N) is 1. The van der Waals surface area contributed by atoms with Gasteiger partial charge in [0.1, 0.15) is 0 Å². The summed E-state index contributed by atoms with van der Waals surface area (Å²) in [7, 11) is -6.00. The molecule has 6 heteroatoms. The summed E-state index contributed by atoms with van der Waals surface area (Å²) < 4.78 is 41.5. The van der Waals surface area contributed by atoms with E-state index in [-0.39, 0.29) is 0 Å². The second-order valence-electron chi connectivity index (χ2n) is 7.73. The van der Waals surface area contributed by atoms with Gasteiger partial charge in [0, 0.05) is 29.7 Å². The monoisotopic (exact) mass is 451 g/mol. The Balaban J connectivity index is 0.000000555. The summed E-state index contributed by atoms with van der Waals surface area (Å²) >= 11 is 0. The van der Waals surface area contributed by atoms with Gasteiger partial charge in [0.15, 0.2) is 6.04 Å². The first kappa shape index (κ1) is 24.2. The standard InChI is InChI=1S/C27H26N.BF4/c1-3-21(2)28-26(23-15-9-5-10-16-23)19-25(22-13-7-4-8-14-22)20-27(28)24-17-11-6-12-18-24;2-1(3,4)5/h4-21H,3H2,1-2H3;/q+1;-1. The molecule has 0 aliphatic heterocycles. The minimum atomic E-state index is -6.00. The highest BCUT2D eigenvalue weighted by Gasteiger charge is 2.26. The molecule has 0 aliphatic rings. The second kappa shape index (κ2) is 10.9. The van der Waals surface area contributed by atoms with Crippen LogP contribution in [0.1, 0.15) is 26.3 Å². The van der Waals surface area contributed by atoms with E-state index in [0.717, 1.165) is 6.42 Å². The van der Waals surface area contributed by atoms with Crippen LogP contribution in [0.3, 0.4) is 0 Å². The fourth-order valence-corrected chi connectivity index (χ4v) is 3.72. The highest BCUT2D eigenvalue weighted by Crippen LogP contribution is 2.30. The first-order chi connectivity index (χ1) is 15.8. The van der Waals surface area contributed by atoms with Crippen LogP contribution in [-0.4, -0.2) is 7.25 Å². The van der Waals surface area contributed by atoms with E-state index in [2.05, 4.69) is 122 Å². The topological polar surface area (TPSA) is 3.88 Å². The minimum Gasteiger partial charge on any atom is -0.418 e. The molecule has 0 saturated carbocycles. The zero-order valence-corrected chi connectivity index (χ0v) is 18.6. The van der Waals surface area contributed by atoms with Crippen molar-refractivity contribution in [2.75, 3.05) is 0 Å². The predicted octanol–water partition coefficient (Wildman–Crippen LogP) is 8.25. The molecule has 0 N–H and O–H groups in total. The summed E-state index contributed by atoms with van der Waals surface area (Å²) in [6.45, 7) is 4.56. The maximum absolute atomic E-state index is 9.75. The first-order valence-electron chi connectivity index (χ1n) is 10.9. The molecule has 3 aromatic carbocycles. The fourth-order valence-electron chi connectivity index (χ4n) is 3.72. The number of pyridine rings is 1. The van der Waals surface area contributed by atoms with Crippen molar-refractivity contribution in [1.82, 2.24) is 0 Å². The van der Waals surface area contributed by atoms with Gasteiger partial charge in [-0.05, 0) is 42.3 Å². The predicted molar refractivity (Wildman–Crippen MR) is 128 cm³/mol. The van der Waals surface area contributed by atoms with Gasteiger partial charge >= 0.3 is 7.25 Å². The van der Waals surface area contributed by atoms with E-state index in [1.54, 1.807) is 0 Å².